The highest BCUT2D eigenvalue weighted by molar-refractivity contribution is 7.91. The van der Waals surface area contributed by atoms with Gasteiger partial charge in [0.1, 0.15) is 0 Å². The first-order valence-electron chi connectivity index (χ1n) is 4.65. The molecule has 0 unspecified atom stereocenters. The first-order chi connectivity index (χ1) is 8.29. The second kappa shape index (κ2) is 5.57. The molecule has 0 heterocycles. The number of nitro groups is 1. The number of hydrogen-bond donors (Lipinski definition) is 0. The Bertz CT molecular complexity index is 562. The van der Waals surface area contributed by atoms with Crippen LogP contribution in [0.1, 0.15) is 12.0 Å². The predicted octanol–water partition coefficient (Wildman–Crippen LogP) is 2.54. The predicted molar refractivity (Wildman–Crippen MR) is 60.8 cm³/mol. The van der Waals surface area contributed by atoms with E-state index >= 15 is 0 Å². The smallest absolute Gasteiger partial charge is 0.258 e. The molecule has 18 heavy (non-hydrogen) atoms. The number of nitrogens with zero attached hydrogens (tertiary/aromatic N) is 1. The summed E-state index contributed by atoms with van der Waals surface area (Å²) >= 11 is 5.27. The van der Waals surface area contributed by atoms with Gasteiger partial charge in [-0.3, -0.25) is 10.1 Å². The fourth-order valence-corrected chi connectivity index (χ4v) is 3.13. The van der Waals surface area contributed by atoms with Crippen molar-refractivity contribution < 1.29 is 22.1 Å². The molecule has 0 N–H and O–H groups in total. The van der Waals surface area contributed by atoms with Crippen LogP contribution in [-0.4, -0.2) is 25.0 Å². The highest BCUT2D eigenvalue weighted by Crippen LogP contribution is 2.30. The molecule has 9 heteroatoms. The van der Waals surface area contributed by atoms with Gasteiger partial charge in [-0.2, -0.15) is 0 Å². The third-order valence-corrected chi connectivity index (χ3v) is 4.32. The highest BCUT2D eigenvalue weighted by atomic mass is 35.5. The first kappa shape index (κ1) is 14.8. The third kappa shape index (κ3) is 3.14. The van der Waals surface area contributed by atoms with E-state index in [-0.39, 0.29) is 5.88 Å². The Morgan fingerprint density at radius 3 is 2.44 bits per heavy atom. The van der Waals surface area contributed by atoms with E-state index in [0.29, 0.717) is 6.07 Å². The molecule has 0 saturated carbocycles. The van der Waals surface area contributed by atoms with Gasteiger partial charge in [-0.25, -0.2) is 17.2 Å². The van der Waals surface area contributed by atoms with Gasteiger partial charge in [-0.05, 0) is 6.07 Å². The van der Waals surface area contributed by atoms with Crippen molar-refractivity contribution in [2.24, 2.45) is 0 Å². The van der Waals surface area contributed by atoms with Crippen molar-refractivity contribution in [1.82, 2.24) is 0 Å². The number of halogens is 3. The minimum absolute atomic E-state index is 0.248. The minimum atomic E-state index is -3.96. The number of benzene rings is 1. The van der Waals surface area contributed by atoms with Gasteiger partial charge in [0.15, 0.2) is 9.84 Å². The molecule has 0 saturated heterocycles. The quantitative estimate of drug-likeness (QED) is 0.475. The van der Waals surface area contributed by atoms with Crippen LogP contribution in [0.3, 0.4) is 0 Å². The fourth-order valence-electron chi connectivity index (χ4n) is 1.31. The second-order valence-electron chi connectivity index (χ2n) is 3.29. The summed E-state index contributed by atoms with van der Waals surface area (Å²) in [5, 5.41) is 10.5. The van der Waals surface area contributed by atoms with Crippen LogP contribution in [-0.2, 0) is 9.84 Å². The lowest BCUT2D eigenvalue weighted by molar-refractivity contribution is -0.385. The van der Waals surface area contributed by atoms with Gasteiger partial charge in [0, 0.05) is 23.6 Å². The summed E-state index contributed by atoms with van der Waals surface area (Å²) in [7, 11) is -3.96. The lowest BCUT2D eigenvalue weighted by atomic mass is 10.2. The van der Waals surface area contributed by atoms with Crippen LogP contribution in [0.15, 0.2) is 23.1 Å². The number of non-ortho nitro benzene ring substituents is 1. The van der Waals surface area contributed by atoms with E-state index in [2.05, 4.69) is 0 Å². The third-order valence-electron chi connectivity index (χ3n) is 2.12. The van der Waals surface area contributed by atoms with Crippen LogP contribution < -0.4 is 0 Å². The van der Waals surface area contributed by atoms with Crippen molar-refractivity contribution in [3.63, 3.8) is 0 Å². The maximum absolute atomic E-state index is 12.7. The van der Waals surface area contributed by atoms with Crippen LogP contribution in [0.2, 0.25) is 0 Å². The normalized spacial score (nSPS) is 11.8. The molecule has 0 spiro atoms. The number of alkyl halides is 3. The van der Waals surface area contributed by atoms with Crippen LogP contribution in [0, 0.1) is 10.1 Å². The Balaban J connectivity index is 3.42. The summed E-state index contributed by atoms with van der Waals surface area (Å²) < 4.78 is 48.7. The lowest BCUT2D eigenvalue weighted by Gasteiger charge is -2.08. The van der Waals surface area contributed by atoms with Crippen molar-refractivity contribution in [1.29, 1.82) is 0 Å². The van der Waals surface area contributed by atoms with E-state index in [4.69, 9.17) is 11.6 Å². The first-order valence-corrected chi connectivity index (χ1v) is 6.83. The Morgan fingerprint density at radius 1 is 1.39 bits per heavy atom. The molecule has 1 rings (SSSR count). The van der Waals surface area contributed by atoms with E-state index in [1.54, 1.807) is 0 Å². The van der Waals surface area contributed by atoms with Gasteiger partial charge >= 0.3 is 0 Å². The summed E-state index contributed by atoms with van der Waals surface area (Å²) in [5.74, 6) is -0.756. The molecular formula is C9H8ClF2NO4S. The molecule has 0 fully saturated rings. The number of rotatable bonds is 5. The van der Waals surface area contributed by atoms with Crippen molar-refractivity contribution in [3.05, 3.63) is 33.9 Å². The maximum atomic E-state index is 12.7. The fraction of sp³-hybridized carbons (Fsp3) is 0.333. The Labute approximate surface area is 106 Å². The largest absolute Gasteiger partial charge is 0.269 e. The van der Waals surface area contributed by atoms with Gasteiger partial charge in [0.25, 0.3) is 12.1 Å². The zero-order chi connectivity index (χ0) is 13.9. The van der Waals surface area contributed by atoms with Gasteiger partial charge in [0.05, 0.1) is 15.6 Å². The zero-order valence-corrected chi connectivity index (χ0v) is 10.4. The highest BCUT2D eigenvalue weighted by Gasteiger charge is 2.25. The number of sulfone groups is 1. The number of hydrogen-bond acceptors (Lipinski definition) is 4. The molecule has 0 aromatic heterocycles. The summed E-state index contributed by atoms with van der Waals surface area (Å²) in [6.07, 6.45) is -3.12. The van der Waals surface area contributed by atoms with E-state index in [9.17, 15) is 27.3 Å². The van der Waals surface area contributed by atoms with Gasteiger partial charge in [-0.1, -0.05) is 0 Å². The molecule has 5 nitrogen and oxygen atoms in total. The van der Waals surface area contributed by atoms with Crippen LogP contribution in [0.4, 0.5) is 14.5 Å². The topological polar surface area (TPSA) is 77.3 Å². The van der Waals surface area contributed by atoms with E-state index in [1.165, 1.54) is 0 Å². The van der Waals surface area contributed by atoms with E-state index in [0.717, 1.165) is 12.1 Å². The van der Waals surface area contributed by atoms with Crippen LogP contribution >= 0.6 is 11.6 Å². The standard InChI is InChI=1S/C9H8ClF2NO4S/c10-3-4-18(16,17)8-2-1-6(13(14)15)5-7(8)9(11)12/h1-2,5,9H,3-4H2. The zero-order valence-electron chi connectivity index (χ0n) is 8.85. The van der Waals surface area contributed by atoms with Crippen molar-refractivity contribution in [2.75, 3.05) is 11.6 Å². The van der Waals surface area contributed by atoms with Gasteiger partial charge in [0.2, 0.25) is 0 Å². The lowest BCUT2D eigenvalue weighted by Crippen LogP contribution is -2.11. The summed E-state index contributed by atoms with van der Waals surface area (Å²) in [4.78, 5) is 8.96. The van der Waals surface area contributed by atoms with Crippen molar-refractivity contribution >= 4 is 27.1 Å². The average Bonchev–Trinajstić information content (AvgIpc) is 2.27. The van der Waals surface area contributed by atoms with Gasteiger partial charge in [-0.15, -0.1) is 11.6 Å². The molecule has 0 aliphatic rings. The molecule has 1 aromatic carbocycles. The monoisotopic (exact) mass is 299 g/mol. The SMILES string of the molecule is O=[N+]([O-])c1ccc(S(=O)(=O)CCCl)c(C(F)F)c1. The molecule has 0 aliphatic carbocycles. The number of nitro benzene ring substituents is 1. The van der Waals surface area contributed by atoms with Crippen molar-refractivity contribution in [3.8, 4) is 0 Å². The molecule has 0 amide bonds. The molecule has 0 atom stereocenters. The summed E-state index contributed by atoms with van der Waals surface area (Å²) in [6, 6.07) is 2.24. The van der Waals surface area contributed by atoms with Crippen LogP contribution in [0.25, 0.3) is 0 Å². The van der Waals surface area contributed by atoms with E-state index < -0.39 is 43.1 Å². The van der Waals surface area contributed by atoms with Crippen molar-refractivity contribution in [2.45, 2.75) is 11.3 Å². The molecule has 1 aromatic rings. The van der Waals surface area contributed by atoms with Crippen LogP contribution in [0.5, 0.6) is 0 Å². The summed E-state index contributed by atoms with van der Waals surface area (Å²) in [6.45, 7) is 0. The Kier molecular flexibility index (Phi) is 4.58. The average molecular weight is 300 g/mol. The summed E-state index contributed by atoms with van der Waals surface area (Å²) in [5.41, 5.74) is -1.47. The second-order valence-corrected chi connectivity index (χ2v) is 5.74. The Morgan fingerprint density at radius 2 is 2.00 bits per heavy atom. The molecular weight excluding hydrogens is 292 g/mol. The Hall–Kier alpha value is -1.28. The molecule has 0 aliphatic heterocycles. The molecule has 100 valence electrons. The molecule has 0 bridgehead atoms. The van der Waals surface area contributed by atoms with E-state index in [1.807, 2.05) is 0 Å². The maximum Gasteiger partial charge on any atom is 0.269 e. The van der Waals surface area contributed by atoms with Gasteiger partial charge < -0.3 is 0 Å². The molecule has 0 radical (unpaired) electrons. The minimum Gasteiger partial charge on any atom is -0.258 e.